The molecule has 4 aliphatic rings. The fourth-order valence-electron chi connectivity index (χ4n) is 6.59. The topological polar surface area (TPSA) is 116 Å². The lowest BCUT2D eigenvalue weighted by atomic mass is 9.99. The van der Waals surface area contributed by atoms with Gasteiger partial charge in [-0.25, -0.2) is 37.6 Å². The van der Waals surface area contributed by atoms with Crippen LogP contribution in [0.1, 0.15) is 79.1 Å². The van der Waals surface area contributed by atoms with Gasteiger partial charge in [-0.1, -0.05) is 18.2 Å². The van der Waals surface area contributed by atoms with E-state index in [0.29, 0.717) is 65.5 Å². The number of fused-ring (bicyclic) bond motifs is 5. The van der Waals surface area contributed by atoms with Crippen LogP contribution in [0.15, 0.2) is 36.9 Å². The quantitative estimate of drug-likeness (QED) is 0.284. The standard InChI is InChI=1S/C30H28F3N7O3S/c1-16-3-5-19-11-17(4-8-20(19)26-37-22(14-39(16)26)30(31,32)33)13-40-27-21(29(9-10-29)44(40,41)42)12-34-25(38-27)23-24(18-6-7-18)35-15-36-28(23)43-2/h4,8,11-12,14-16,18H,3,5-7,9-10,13H2,1-2H3/t16-/m1/s1. The van der Waals surface area contributed by atoms with E-state index in [2.05, 4.69) is 19.9 Å². The fourth-order valence-corrected chi connectivity index (χ4v) is 8.74. The summed E-state index contributed by atoms with van der Waals surface area (Å²) in [6.45, 7) is 1.90. The largest absolute Gasteiger partial charge is 0.480 e. The second-order valence-electron chi connectivity index (χ2n) is 12.1. The van der Waals surface area contributed by atoms with Gasteiger partial charge >= 0.3 is 6.18 Å². The SMILES string of the molecule is COc1ncnc(C2CC2)c1-c1ncc2c(n1)N(Cc1ccc3c(c1)CC[C@@H](C)n1cc(C(F)(F)F)nc1-3)S(=O)(=O)C21CC1. The Balaban J connectivity index is 1.20. The Morgan fingerprint density at radius 2 is 1.89 bits per heavy atom. The number of sulfonamides is 1. The van der Waals surface area contributed by atoms with Crippen LogP contribution in [-0.2, 0) is 33.9 Å². The molecule has 0 unspecified atom stereocenters. The van der Waals surface area contributed by atoms with E-state index >= 15 is 0 Å². The number of anilines is 1. The highest BCUT2D eigenvalue weighted by Crippen LogP contribution is 2.61. The zero-order valence-corrected chi connectivity index (χ0v) is 24.8. The van der Waals surface area contributed by atoms with Gasteiger partial charge < -0.3 is 9.30 Å². The maximum Gasteiger partial charge on any atom is 0.434 e. The second kappa shape index (κ2) is 9.22. The predicted octanol–water partition coefficient (Wildman–Crippen LogP) is 5.55. The first kappa shape index (κ1) is 27.5. The van der Waals surface area contributed by atoms with Gasteiger partial charge in [-0.3, -0.25) is 0 Å². The lowest BCUT2D eigenvalue weighted by Gasteiger charge is -2.20. The number of imidazole rings is 1. The molecule has 1 atom stereocenters. The Morgan fingerprint density at radius 3 is 2.59 bits per heavy atom. The zero-order valence-electron chi connectivity index (χ0n) is 24.0. The van der Waals surface area contributed by atoms with Gasteiger partial charge in [-0.15, -0.1) is 0 Å². The summed E-state index contributed by atoms with van der Waals surface area (Å²) in [4.78, 5) is 22.2. The minimum atomic E-state index is -4.55. The van der Waals surface area contributed by atoms with Crippen LogP contribution >= 0.6 is 0 Å². The van der Waals surface area contributed by atoms with Crippen LogP contribution in [0, 0.1) is 0 Å². The summed E-state index contributed by atoms with van der Waals surface area (Å²) < 4.78 is 76.0. The van der Waals surface area contributed by atoms with Crippen molar-refractivity contribution in [1.82, 2.24) is 29.5 Å². The van der Waals surface area contributed by atoms with Crippen molar-refractivity contribution in [3.05, 3.63) is 65.0 Å². The highest BCUT2D eigenvalue weighted by atomic mass is 32.2. The maximum absolute atomic E-state index is 14.0. The number of rotatable bonds is 5. The molecule has 2 aliphatic carbocycles. The highest BCUT2D eigenvalue weighted by molar-refractivity contribution is 7.94. The lowest BCUT2D eigenvalue weighted by molar-refractivity contribution is -0.140. The normalized spacial score (nSPS) is 21.0. The van der Waals surface area contributed by atoms with Crippen molar-refractivity contribution in [2.24, 2.45) is 0 Å². The summed E-state index contributed by atoms with van der Waals surface area (Å²) in [6.07, 6.45) is 3.76. The average Bonchev–Trinajstić information content (AvgIpc) is 3.93. The number of nitrogens with zero attached hydrogens (tertiary/aromatic N) is 7. The first-order chi connectivity index (χ1) is 21.0. The molecule has 228 valence electrons. The Bertz CT molecular complexity index is 1950. The molecule has 0 N–H and O–H groups in total. The van der Waals surface area contributed by atoms with E-state index in [9.17, 15) is 21.6 Å². The van der Waals surface area contributed by atoms with Gasteiger partial charge in [0.05, 0.1) is 19.3 Å². The number of aromatic nitrogens is 6. The van der Waals surface area contributed by atoms with Crippen LogP contribution in [0.5, 0.6) is 5.88 Å². The number of hydrogen-bond donors (Lipinski definition) is 0. The van der Waals surface area contributed by atoms with Crippen LogP contribution in [-0.4, -0.2) is 45.0 Å². The van der Waals surface area contributed by atoms with E-state index in [1.54, 1.807) is 22.9 Å². The summed E-state index contributed by atoms with van der Waals surface area (Å²) in [5.41, 5.74) is 3.17. The fraction of sp³-hybridized carbons (Fsp3) is 0.433. The van der Waals surface area contributed by atoms with Gasteiger partial charge in [-0.2, -0.15) is 13.2 Å². The molecule has 0 saturated heterocycles. The number of ether oxygens (including phenoxy) is 1. The van der Waals surface area contributed by atoms with E-state index in [-0.39, 0.29) is 24.3 Å². The third-order valence-electron chi connectivity index (χ3n) is 9.27. The van der Waals surface area contributed by atoms with Crippen LogP contribution < -0.4 is 9.04 Å². The lowest BCUT2D eigenvalue weighted by Crippen LogP contribution is -2.31. The molecule has 10 nitrogen and oxygen atoms in total. The van der Waals surface area contributed by atoms with Gasteiger partial charge in [0.25, 0.3) is 0 Å². The second-order valence-corrected chi connectivity index (χ2v) is 14.3. The third-order valence-corrected chi connectivity index (χ3v) is 11.8. The molecule has 3 aromatic heterocycles. The molecule has 8 rings (SSSR count). The molecule has 14 heteroatoms. The molecule has 4 aromatic rings. The van der Waals surface area contributed by atoms with Crippen LogP contribution in [0.25, 0.3) is 22.8 Å². The molecule has 0 amide bonds. The number of halogens is 3. The van der Waals surface area contributed by atoms with Crippen molar-refractivity contribution >= 4 is 15.8 Å². The molecule has 2 aliphatic heterocycles. The number of hydrogen-bond acceptors (Lipinski definition) is 8. The average molecular weight is 624 g/mol. The van der Waals surface area contributed by atoms with Gasteiger partial charge in [0.1, 0.15) is 22.5 Å². The van der Waals surface area contributed by atoms with Gasteiger partial charge in [0.2, 0.25) is 15.9 Å². The van der Waals surface area contributed by atoms with Crippen molar-refractivity contribution in [2.75, 3.05) is 11.4 Å². The smallest absolute Gasteiger partial charge is 0.434 e. The summed E-state index contributed by atoms with van der Waals surface area (Å²) in [5.74, 6) is 1.49. The molecule has 2 saturated carbocycles. The summed E-state index contributed by atoms with van der Waals surface area (Å²) in [6, 6.07) is 5.21. The zero-order chi connectivity index (χ0) is 30.6. The number of methoxy groups -OCH3 is 1. The molecule has 44 heavy (non-hydrogen) atoms. The number of benzene rings is 1. The monoisotopic (exact) mass is 623 g/mol. The van der Waals surface area contributed by atoms with Crippen LogP contribution in [0.3, 0.4) is 0 Å². The Kier molecular flexibility index (Phi) is 5.76. The Hall–Kier alpha value is -4.07. The highest BCUT2D eigenvalue weighted by Gasteiger charge is 2.65. The van der Waals surface area contributed by atoms with Crippen molar-refractivity contribution < 1.29 is 26.3 Å². The first-order valence-electron chi connectivity index (χ1n) is 14.6. The molecule has 5 heterocycles. The predicted molar refractivity (Wildman–Crippen MR) is 153 cm³/mol. The van der Waals surface area contributed by atoms with E-state index in [4.69, 9.17) is 9.72 Å². The summed E-state index contributed by atoms with van der Waals surface area (Å²) in [7, 11) is -2.30. The summed E-state index contributed by atoms with van der Waals surface area (Å²) in [5, 5.41) is 0. The number of alkyl halides is 3. The molecular weight excluding hydrogens is 595 g/mol. The molecule has 0 bridgehead atoms. The van der Waals surface area contributed by atoms with Crippen molar-refractivity contribution in [2.45, 2.75) is 74.9 Å². The minimum Gasteiger partial charge on any atom is -0.480 e. The first-order valence-corrected chi connectivity index (χ1v) is 16.0. The van der Waals surface area contributed by atoms with E-state index in [1.165, 1.54) is 17.7 Å². The Labute approximate surface area is 251 Å². The van der Waals surface area contributed by atoms with E-state index in [1.807, 2.05) is 13.0 Å². The Morgan fingerprint density at radius 1 is 1.09 bits per heavy atom. The number of aryl methyl sites for hydroxylation is 1. The molecule has 1 aromatic carbocycles. The summed E-state index contributed by atoms with van der Waals surface area (Å²) >= 11 is 0. The van der Waals surface area contributed by atoms with Gasteiger partial charge in [0.15, 0.2) is 17.3 Å². The van der Waals surface area contributed by atoms with Gasteiger partial charge in [0, 0.05) is 35.5 Å². The van der Waals surface area contributed by atoms with Gasteiger partial charge in [-0.05, 0) is 56.6 Å². The molecular formula is C30H28F3N7O3S. The van der Waals surface area contributed by atoms with Crippen LogP contribution in [0.2, 0.25) is 0 Å². The maximum atomic E-state index is 14.0. The van der Waals surface area contributed by atoms with Crippen LogP contribution in [0.4, 0.5) is 19.0 Å². The van der Waals surface area contributed by atoms with Crippen molar-refractivity contribution in [3.8, 4) is 28.7 Å². The molecule has 0 radical (unpaired) electrons. The minimum absolute atomic E-state index is 0.0243. The molecule has 1 spiro atoms. The molecule has 2 fully saturated rings. The van der Waals surface area contributed by atoms with E-state index in [0.717, 1.165) is 30.3 Å². The van der Waals surface area contributed by atoms with E-state index < -0.39 is 26.6 Å². The van der Waals surface area contributed by atoms with Crippen molar-refractivity contribution in [3.63, 3.8) is 0 Å². The van der Waals surface area contributed by atoms with Crippen molar-refractivity contribution in [1.29, 1.82) is 0 Å². The third kappa shape index (κ3) is 3.99.